The predicted molar refractivity (Wildman–Crippen MR) is 77.1 cm³/mol. The van der Waals surface area contributed by atoms with E-state index in [-0.39, 0.29) is 6.54 Å². The highest BCUT2D eigenvalue weighted by molar-refractivity contribution is 5.69. The smallest absolute Gasteiger partial charge is 0.317 e. The molecule has 0 unspecified atom stereocenters. The molecule has 2 aliphatic carbocycles. The monoisotopic (exact) mass is 267 g/mol. The van der Waals surface area contributed by atoms with Gasteiger partial charge in [0, 0.05) is 12.6 Å². The Kier molecular flexibility index (Phi) is 4.54. The third-order valence-electron chi connectivity index (χ3n) is 4.97. The number of carbonyl (C=O) groups is 1. The van der Waals surface area contributed by atoms with E-state index in [4.69, 9.17) is 5.11 Å². The van der Waals surface area contributed by atoms with Crippen LogP contribution in [0.2, 0.25) is 0 Å². The standard InChI is InChI=1S/C16H29NO2/c1-16(2,3)13-6-4-12(5-7-13)10-17(11-15(18)19)14-8-9-14/h12-14H,4-11H2,1-3H3,(H,18,19). The van der Waals surface area contributed by atoms with Gasteiger partial charge < -0.3 is 5.11 Å². The van der Waals surface area contributed by atoms with Crippen molar-refractivity contribution in [3.05, 3.63) is 0 Å². The van der Waals surface area contributed by atoms with Gasteiger partial charge in [0.2, 0.25) is 0 Å². The number of aliphatic carboxylic acids is 1. The minimum atomic E-state index is -0.671. The molecule has 2 rings (SSSR count). The van der Waals surface area contributed by atoms with E-state index >= 15 is 0 Å². The Morgan fingerprint density at radius 2 is 1.68 bits per heavy atom. The molecule has 0 aromatic heterocycles. The average molecular weight is 267 g/mol. The van der Waals surface area contributed by atoms with Crippen LogP contribution in [0.25, 0.3) is 0 Å². The van der Waals surface area contributed by atoms with Crippen LogP contribution in [0.1, 0.15) is 59.3 Å². The van der Waals surface area contributed by atoms with Gasteiger partial charge in [0.15, 0.2) is 0 Å². The van der Waals surface area contributed by atoms with E-state index in [9.17, 15) is 4.79 Å². The zero-order valence-corrected chi connectivity index (χ0v) is 12.7. The number of hydrogen-bond donors (Lipinski definition) is 1. The first-order chi connectivity index (χ1) is 8.86. The van der Waals surface area contributed by atoms with Crippen molar-refractivity contribution in [2.24, 2.45) is 17.3 Å². The van der Waals surface area contributed by atoms with E-state index in [0.29, 0.717) is 11.5 Å². The SMILES string of the molecule is CC(C)(C)C1CCC(CN(CC(=O)O)C2CC2)CC1. The first-order valence-corrected chi connectivity index (χ1v) is 7.82. The lowest BCUT2D eigenvalue weighted by atomic mass is 9.70. The lowest BCUT2D eigenvalue weighted by Crippen LogP contribution is -2.38. The Morgan fingerprint density at radius 1 is 1.11 bits per heavy atom. The van der Waals surface area contributed by atoms with Crippen molar-refractivity contribution in [1.29, 1.82) is 0 Å². The minimum Gasteiger partial charge on any atom is -0.480 e. The minimum absolute atomic E-state index is 0.240. The summed E-state index contributed by atoms with van der Waals surface area (Å²) in [7, 11) is 0. The van der Waals surface area contributed by atoms with Crippen LogP contribution in [0.15, 0.2) is 0 Å². The van der Waals surface area contributed by atoms with Gasteiger partial charge in [-0.2, -0.15) is 0 Å². The maximum atomic E-state index is 10.9. The Morgan fingerprint density at radius 3 is 2.11 bits per heavy atom. The molecular weight excluding hydrogens is 238 g/mol. The third kappa shape index (κ3) is 4.48. The van der Waals surface area contributed by atoms with Crippen LogP contribution in [0.5, 0.6) is 0 Å². The van der Waals surface area contributed by atoms with Crippen LogP contribution >= 0.6 is 0 Å². The van der Waals surface area contributed by atoms with Gasteiger partial charge in [0.1, 0.15) is 0 Å². The highest BCUT2D eigenvalue weighted by Crippen LogP contribution is 2.40. The van der Waals surface area contributed by atoms with Crippen LogP contribution in [0, 0.1) is 17.3 Å². The van der Waals surface area contributed by atoms with Crippen molar-refractivity contribution in [3.63, 3.8) is 0 Å². The number of carboxylic acids is 1. The van der Waals surface area contributed by atoms with Gasteiger partial charge in [0.25, 0.3) is 0 Å². The summed E-state index contributed by atoms with van der Waals surface area (Å²) >= 11 is 0. The normalized spacial score (nSPS) is 28.6. The molecule has 1 N–H and O–H groups in total. The fraction of sp³-hybridized carbons (Fsp3) is 0.938. The summed E-state index contributed by atoms with van der Waals surface area (Å²) < 4.78 is 0. The number of nitrogens with zero attached hydrogens (tertiary/aromatic N) is 1. The molecule has 0 aromatic carbocycles. The zero-order valence-electron chi connectivity index (χ0n) is 12.7. The lowest BCUT2D eigenvalue weighted by Gasteiger charge is -2.38. The van der Waals surface area contributed by atoms with Gasteiger partial charge >= 0.3 is 5.97 Å². The quantitative estimate of drug-likeness (QED) is 0.830. The molecule has 0 spiro atoms. The van der Waals surface area contributed by atoms with E-state index in [1.807, 2.05) is 0 Å². The summed E-state index contributed by atoms with van der Waals surface area (Å²) in [4.78, 5) is 13.1. The number of rotatable bonds is 5. The van der Waals surface area contributed by atoms with E-state index in [0.717, 1.165) is 18.4 Å². The number of hydrogen-bond acceptors (Lipinski definition) is 2. The Balaban J connectivity index is 1.79. The van der Waals surface area contributed by atoms with Gasteiger partial charge in [-0.1, -0.05) is 20.8 Å². The second-order valence-electron chi connectivity index (χ2n) is 7.64. The van der Waals surface area contributed by atoms with Crippen molar-refractivity contribution < 1.29 is 9.90 Å². The Bertz CT molecular complexity index is 309. The maximum absolute atomic E-state index is 10.9. The van der Waals surface area contributed by atoms with Crippen molar-refractivity contribution in [1.82, 2.24) is 4.90 Å². The molecule has 0 aliphatic heterocycles. The third-order valence-corrected chi connectivity index (χ3v) is 4.97. The summed E-state index contributed by atoms with van der Waals surface area (Å²) in [5.41, 5.74) is 0.433. The van der Waals surface area contributed by atoms with E-state index in [1.165, 1.54) is 38.5 Å². The molecule has 0 aromatic rings. The van der Waals surface area contributed by atoms with Crippen LogP contribution in [-0.4, -0.2) is 35.1 Å². The molecule has 2 fully saturated rings. The Hall–Kier alpha value is -0.570. The van der Waals surface area contributed by atoms with Crippen molar-refractivity contribution in [2.45, 2.75) is 65.3 Å². The Labute approximate surface area is 117 Å². The van der Waals surface area contributed by atoms with Gasteiger partial charge in [-0.3, -0.25) is 9.69 Å². The second kappa shape index (κ2) is 5.82. The fourth-order valence-corrected chi connectivity index (χ4v) is 3.50. The summed E-state index contributed by atoms with van der Waals surface area (Å²) in [6.45, 7) is 8.29. The van der Waals surface area contributed by atoms with Crippen LogP contribution < -0.4 is 0 Å². The summed E-state index contributed by atoms with van der Waals surface area (Å²) in [6, 6.07) is 0.566. The van der Waals surface area contributed by atoms with E-state index in [1.54, 1.807) is 0 Å². The largest absolute Gasteiger partial charge is 0.480 e. The molecule has 0 radical (unpaired) electrons. The molecule has 3 heteroatoms. The highest BCUT2D eigenvalue weighted by atomic mass is 16.4. The molecular formula is C16H29NO2. The molecule has 0 heterocycles. The maximum Gasteiger partial charge on any atom is 0.317 e. The van der Waals surface area contributed by atoms with Gasteiger partial charge in [0.05, 0.1) is 6.54 Å². The average Bonchev–Trinajstić information content (AvgIpc) is 3.10. The molecule has 0 amide bonds. The molecule has 19 heavy (non-hydrogen) atoms. The molecule has 2 saturated carbocycles. The van der Waals surface area contributed by atoms with Gasteiger partial charge in [-0.15, -0.1) is 0 Å². The topological polar surface area (TPSA) is 40.5 Å². The molecule has 3 nitrogen and oxygen atoms in total. The van der Waals surface area contributed by atoms with Crippen molar-refractivity contribution in [3.8, 4) is 0 Å². The lowest BCUT2D eigenvalue weighted by molar-refractivity contribution is -0.138. The van der Waals surface area contributed by atoms with Crippen molar-refractivity contribution >= 4 is 5.97 Å². The second-order valence-corrected chi connectivity index (χ2v) is 7.64. The predicted octanol–water partition coefficient (Wildman–Crippen LogP) is 3.39. The van der Waals surface area contributed by atoms with Crippen LogP contribution in [0.3, 0.4) is 0 Å². The molecule has 0 atom stereocenters. The first kappa shape index (κ1) is 14.8. The number of carboxylic acid groups (broad SMARTS) is 1. The molecule has 0 bridgehead atoms. The summed E-state index contributed by atoms with van der Waals surface area (Å²) in [6.07, 6.45) is 7.60. The molecule has 110 valence electrons. The summed E-state index contributed by atoms with van der Waals surface area (Å²) in [5.74, 6) is 0.895. The van der Waals surface area contributed by atoms with Crippen molar-refractivity contribution in [2.75, 3.05) is 13.1 Å². The van der Waals surface area contributed by atoms with Gasteiger partial charge in [-0.25, -0.2) is 0 Å². The van der Waals surface area contributed by atoms with E-state index < -0.39 is 5.97 Å². The van der Waals surface area contributed by atoms with Crippen LogP contribution in [0.4, 0.5) is 0 Å². The zero-order chi connectivity index (χ0) is 14.0. The molecule has 0 saturated heterocycles. The highest BCUT2D eigenvalue weighted by Gasteiger charge is 2.34. The van der Waals surface area contributed by atoms with Crippen LogP contribution in [-0.2, 0) is 4.79 Å². The van der Waals surface area contributed by atoms with E-state index in [2.05, 4.69) is 25.7 Å². The first-order valence-electron chi connectivity index (χ1n) is 7.82. The van der Waals surface area contributed by atoms with Gasteiger partial charge in [-0.05, 0) is 55.8 Å². The fourth-order valence-electron chi connectivity index (χ4n) is 3.50. The molecule has 2 aliphatic rings. The summed E-state index contributed by atoms with van der Waals surface area (Å²) in [5, 5.41) is 9.00.